The number of nitrogens with two attached hydrogens (primary N) is 1. The van der Waals surface area contributed by atoms with Gasteiger partial charge in [0, 0.05) is 23.1 Å². The van der Waals surface area contributed by atoms with E-state index in [1.54, 1.807) is 6.07 Å². The molecule has 0 heterocycles. The zero-order valence-electron chi connectivity index (χ0n) is 10.8. The average molecular weight is 296 g/mol. The lowest BCUT2D eigenvalue weighted by molar-refractivity contribution is 0.0998. The molecule has 0 saturated heterocycles. The molecule has 1 aromatic rings. The Balaban J connectivity index is 2.73. The number of rotatable bonds is 8. The van der Waals surface area contributed by atoms with Gasteiger partial charge in [0.15, 0.2) is 0 Å². The molecule has 0 fully saturated rings. The zero-order chi connectivity index (χ0) is 15.2. The van der Waals surface area contributed by atoms with E-state index in [1.165, 1.54) is 12.1 Å². The van der Waals surface area contributed by atoms with Crippen LogP contribution in [-0.4, -0.2) is 27.2 Å². The molecule has 0 aliphatic heterocycles. The van der Waals surface area contributed by atoms with E-state index in [0.29, 0.717) is 35.8 Å². The number of hydrogen-bond donors (Lipinski definition) is 2. The number of carbonyl (C=O) groups is 2. The molecule has 7 heteroatoms. The Hall–Kier alpha value is -1.99. The molecule has 3 N–H and O–H groups in total. The van der Waals surface area contributed by atoms with Crippen LogP contribution in [0.5, 0.6) is 0 Å². The number of aldehydes is 1. The van der Waals surface area contributed by atoms with Crippen LogP contribution in [0.1, 0.15) is 32.7 Å². The molecule has 20 heavy (non-hydrogen) atoms. The monoisotopic (exact) mass is 296 g/mol. The Morgan fingerprint density at radius 1 is 1.40 bits per heavy atom. The highest BCUT2D eigenvalue weighted by Crippen LogP contribution is 2.13. The van der Waals surface area contributed by atoms with E-state index in [4.69, 9.17) is 5.73 Å². The lowest BCUT2D eigenvalue weighted by Gasteiger charge is -2.08. The molecule has 1 amide bonds. The van der Waals surface area contributed by atoms with Crippen molar-refractivity contribution in [3.8, 4) is 0 Å². The summed E-state index contributed by atoms with van der Waals surface area (Å²) in [6.07, 6.45) is 1.57. The van der Waals surface area contributed by atoms with Crippen LogP contribution in [-0.2, 0) is 16.4 Å². The van der Waals surface area contributed by atoms with Gasteiger partial charge in [0.05, 0.1) is 0 Å². The minimum Gasteiger partial charge on any atom is -0.366 e. The third-order valence-electron chi connectivity index (χ3n) is 2.68. The zero-order valence-corrected chi connectivity index (χ0v) is 11.7. The van der Waals surface area contributed by atoms with E-state index in [2.05, 4.69) is 11.3 Å². The second-order valence-corrected chi connectivity index (χ2v) is 5.82. The quantitative estimate of drug-likeness (QED) is 0.541. The first-order chi connectivity index (χ1) is 9.39. The van der Waals surface area contributed by atoms with Crippen LogP contribution in [0.4, 0.5) is 0 Å². The first-order valence-electron chi connectivity index (χ1n) is 5.89. The fourth-order valence-electron chi connectivity index (χ4n) is 1.69. The molecule has 0 unspecified atom stereocenters. The lowest BCUT2D eigenvalue weighted by Crippen LogP contribution is -2.23. The smallest absolute Gasteiger partial charge is 0.248 e. The van der Waals surface area contributed by atoms with Crippen molar-refractivity contribution in [1.82, 2.24) is 4.72 Å². The van der Waals surface area contributed by atoms with Crippen LogP contribution in [0.15, 0.2) is 30.2 Å². The van der Waals surface area contributed by atoms with Crippen molar-refractivity contribution in [2.24, 2.45) is 5.73 Å². The van der Waals surface area contributed by atoms with Crippen molar-refractivity contribution in [3.63, 3.8) is 0 Å². The highest BCUT2D eigenvalue weighted by atomic mass is 32.2. The van der Waals surface area contributed by atoms with Gasteiger partial charge in [-0.3, -0.25) is 9.59 Å². The minimum atomic E-state index is -3.45. The van der Waals surface area contributed by atoms with E-state index in [-0.39, 0.29) is 6.54 Å². The Morgan fingerprint density at radius 2 is 2.10 bits per heavy atom. The Kier molecular flexibility index (Phi) is 5.60. The van der Waals surface area contributed by atoms with Crippen LogP contribution in [0.25, 0.3) is 0 Å². The molecule has 0 radical (unpaired) electrons. The highest BCUT2D eigenvalue weighted by molar-refractivity contribution is 7.92. The largest absolute Gasteiger partial charge is 0.366 e. The maximum absolute atomic E-state index is 11.3. The van der Waals surface area contributed by atoms with Gasteiger partial charge >= 0.3 is 0 Å². The second kappa shape index (κ2) is 6.97. The summed E-state index contributed by atoms with van der Waals surface area (Å²) < 4.78 is 24.6. The van der Waals surface area contributed by atoms with Gasteiger partial charge in [-0.25, -0.2) is 13.1 Å². The Morgan fingerprint density at radius 3 is 2.65 bits per heavy atom. The van der Waals surface area contributed by atoms with Crippen molar-refractivity contribution in [2.45, 2.75) is 12.8 Å². The number of benzene rings is 1. The summed E-state index contributed by atoms with van der Waals surface area (Å²) in [5.74, 6) is -0.580. The summed E-state index contributed by atoms with van der Waals surface area (Å²) in [5, 5.41) is 0.828. The van der Waals surface area contributed by atoms with Gasteiger partial charge in [0.1, 0.15) is 6.29 Å². The van der Waals surface area contributed by atoms with E-state index in [1.807, 2.05) is 0 Å². The molecule has 0 saturated carbocycles. The SMILES string of the molecule is C=CS(=O)(=O)NCCCc1cc(C=O)ccc1C(N)=O. The Bertz CT molecular complexity index is 623. The number of primary amides is 1. The molecule has 0 atom stereocenters. The van der Waals surface area contributed by atoms with Crippen molar-refractivity contribution in [2.75, 3.05) is 6.54 Å². The van der Waals surface area contributed by atoms with Gasteiger partial charge in [-0.05, 0) is 30.5 Å². The molecule has 0 spiro atoms. The number of hydrogen-bond acceptors (Lipinski definition) is 4. The van der Waals surface area contributed by atoms with Crippen LogP contribution in [0.2, 0.25) is 0 Å². The first-order valence-corrected chi connectivity index (χ1v) is 7.44. The number of aryl methyl sites for hydroxylation is 1. The molecule has 0 bridgehead atoms. The standard InChI is InChI=1S/C13H16N2O4S/c1-2-20(18,19)15-7-3-4-11-8-10(9-16)5-6-12(11)13(14)17/h2,5-6,8-9,15H,1,3-4,7H2,(H2,14,17). The number of carbonyl (C=O) groups excluding carboxylic acids is 2. The average Bonchev–Trinajstić information content (AvgIpc) is 2.43. The fraction of sp³-hybridized carbons (Fsp3) is 0.231. The van der Waals surface area contributed by atoms with Gasteiger partial charge in [-0.15, -0.1) is 0 Å². The van der Waals surface area contributed by atoms with Gasteiger partial charge < -0.3 is 5.73 Å². The van der Waals surface area contributed by atoms with Gasteiger partial charge in [0.2, 0.25) is 15.9 Å². The summed E-state index contributed by atoms with van der Waals surface area (Å²) >= 11 is 0. The molecule has 1 rings (SSSR count). The summed E-state index contributed by atoms with van der Waals surface area (Å²) in [5.41, 5.74) is 6.65. The minimum absolute atomic E-state index is 0.206. The fourth-order valence-corrected chi connectivity index (χ4v) is 2.23. The third kappa shape index (κ3) is 4.60. The van der Waals surface area contributed by atoms with Gasteiger partial charge in [-0.2, -0.15) is 0 Å². The molecular weight excluding hydrogens is 280 g/mol. The molecule has 0 aliphatic carbocycles. The first kappa shape index (κ1) is 16.1. The van der Waals surface area contributed by atoms with Crippen LogP contribution in [0.3, 0.4) is 0 Å². The van der Waals surface area contributed by atoms with Crippen molar-refractivity contribution < 1.29 is 18.0 Å². The van der Waals surface area contributed by atoms with E-state index in [0.717, 1.165) is 5.41 Å². The summed E-state index contributed by atoms with van der Waals surface area (Å²) in [6.45, 7) is 3.38. The molecule has 0 aliphatic rings. The third-order valence-corrected chi connectivity index (χ3v) is 3.72. The molecule has 1 aromatic carbocycles. The summed E-state index contributed by atoms with van der Waals surface area (Å²) in [7, 11) is -3.45. The van der Waals surface area contributed by atoms with Gasteiger partial charge in [0.25, 0.3) is 0 Å². The summed E-state index contributed by atoms with van der Waals surface area (Å²) in [6, 6.07) is 4.58. The van der Waals surface area contributed by atoms with Crippen molar-refractivity contribution in [3.05, 3.63) is 46.9 Å². The topological polar surface area (TPSA) is 106 Å². The van der Waals surface area contributed by atoms with Gasteiger partial charge in [-0.1, -0.05) is 12.6 Å². The van der Waals surface area contributed by atoms with Crippen LogP contribution in [0, 0.1) is 0 Å². The van der Waals surface area contributed by atoms with E-state index < -0.39 is 15.9 Å². The Labute approximate surface area is 117 Å². The molecule has 108 valence electrons. The summed E-state index contributed by atoms with van der Waals surface area (Å²) in [4.78, 5) is 22.0. The molecule has 0 aromatic heterocycles. The van der Waals surface area contributed by atoms with Crippen LogP contribution < -0.4 is 10.5 Å². The molecular formula is C13H16N2O4S. The van der Waals surface area contributed by atoms with Crippen molar-refractivity contribution >= 4 is 22.2 Å². The highest BCUT2D eigenvalue weighted by Gasteiger charge is 2.09. The number of sulfonamides is 1. The maximum Gasteiger partial charge on any atom is 0.248 e. The lowest BCUT2D eigenvalue weighted by atomic mass is 10.00. The predicted molar refractivity (Wildman–Crippen MR) is 75.8 cm³/mol. The predicted octanol–water partition coefficient (Wildman–Crippen LogP) is 0.594. The second-order valence-electron chi connectivity index (χ2n) is 4.11. The van der Waals surface area contributed by atoms with E-state index >= 15 is 0 Å². The van der Waals surface area contributed by atoms with Crippen LogP contribution >= 0.6 is 0 Å². The van der Waals surface area contributed by atoms with Crippen molar-refractivity contribution in [1.29, 1.82) is 0 Å². The normalized spacial score (nSPS) is 11.0. The number of nitrogens with one attached hydrogen (secondary N) is 1. The molecule has 6 nitrogen and oxygen atoms in total. The number of amides is 1. The van der Waals surface area contributed by atoms with E-state index in [9.17, 15) is 18.0 Å². The maximum atomic E-state index is 11.3.